The third-order valence-corrected chi connectivity index (χ3v) is 6.63. The lowest BCUT2D eigenvalue weighted by atomic mass is 9.97. The van der Waals surface area contributed by atoms with Gasteiger partial charge in [0, 0.05) is 18.6 Å². The van der Waals surface area contributed by atoms with Crippen molar-refractivity contribution in [3.8, 4) is 0 Å². The number of hydrogen-bond donors (Lipinski definition) is 4. The van der Waals surface area contributed by atoms with Gasteiger partial charge >= 0.3 is 17.1 Å². The Kier molecular flexibility index (Phi) is 4.88. The molecule has 14 heteroatoms. The first-order valence-corrected chi connectivity index (χ1v) is 9.45. The molecule has 0 aliphatic carbocycles. The quantitative estimate of drug-likeness (QED) is 0.125. The minimum Gasteiger partial charge on any atom is -0.477 e. The number of β-lactam (4-membered cyclic amide) rings is 1. The zero-order chi connectivity index (χ0) is 19.9. The van der Waals surface area contributed by atoms with Gasteiger partial charge in [-0.2, -0.15) is 0 Å². The topological polar surface area (TPSA) is 180 Å². The lowest BCUT2D eigenvalue weighted by Gasteiger charge is -2.54. The third-order valence-electron chi connectivity index (χ3n) is 4.10. The Balaban J connectivity index is 1.88. The minimum absolute atomic E-state index is 0.121. The van der Waals surface area contributed by atoms with Crippen LogP contribution < -0.4 is 22.2 Å². The number of hydrogen-bond acceptors (Lipinski definition) is 9. The van der Waals surface area contributed by atoms with E-state index in [1.54, 1.807) is 0 Å². The van der Waals surface area contributed by atoms with Crippen LogP contribution in [-0.2, 0) is 21.4 Å². The summed E-state index contributed by atoms with van der Waals surface area (Å²) in [6.45, 7) is 0. The van der Waals surface area contributed by atoms with Crippen LogP contribution in [-0.4, -0.2) is 65.6 Å². The van der Waals surface area contributed by atoms with Crippen LogP contribution in [0.25, 0.3) is 0 Å². The molecule has 2 atom stereocenters. The number of rotatable bonds is 6. The molecule has 3 rings (SSSR count). The van der Waals surface area contributed by atoms with Crippen molar-refractivity contribution in [2.75, 3.05) is 11.5 Å². The van der Waals surface area contributed by atoms with Gasteiger partial charge in [-0.05, 0) is 5.57 Å². The number of aliphatic carboxylic acids is 1. The van der Waals surface area contributed by atoms with Gasteiger partial charge in [0.1, 0.15) is 11.1 Å². The van der Waals surface area contributed by atoms with Crippen LogP contribution in [0.5, 0.6) is 0 Å². The molecular formula is C13H14N6O6S2. The van der Waals surface area contributed by atoms with Gasteiger partial charge in [0.05, 0.1) is 0 Å². The standard InChI is InChI=1S/C13H14N6O6S2/c1-18-8(22)7(21)16-17-12(18)27-3-5-2-26-11-13(14,15-4-20)10(25)19(11)6(5)9(23)24/h4,11H,2-3,14H2,1H3,(H,15,20)(H,16,21)(H,23,24)/t11-,13+/m1/s1. The van der Waals surface area contributed by atoms with Crippen molar-refractivity contribution in [2.24, 2.45) is 12.8 Å². The second-order valence-electron chi connectivity index (χ2n) is 5.72. The summed E-state index contributed by atoms with van der Waals surface area (Å²) < 4.78 is 1.05. The van der Waals surface area contributed by atoms with E-state index in [2.05, 4.69) is 15.5 Å². The van der Waals surface area contributed by atoms with Gasteiger partial charge < -0.3 is 10.4 Å². The van der Waals surface area contributed by atoms with Crippen LogP contribution in [0.4, 0.5) is 0 Å². The first-order chi connectivity index (χ1) is 12.7. The van der Waals surface area contributed by atoms with Gasteiger partial charge in [-0.1, -0.05) is 11.8 Å². The molecule has 0 saturated carbocycles. The molecule has 0 aromatic carbocycles. The molecule has 1 fully saturated rings. The molecular weight excluding hydrogens is 400 g/mol. The Morgan fingerprint density at radius 1 is 1.56 bits per heavy atom. The predicted octanol–water partition coefficient (Wildman–Crippen LogP) is -2.78. The smallest absolute Gasteiger partial charge is 0.352 e. The average molecular weight is 414 g/mol. The molecule has 12 nitrogen and oxygen atoms in total. The fourth-order valence-electron chi connectivity index (χ4n) is 2.73. The molecule has 0 bridgehead atoms. The van der Waals surface area contributed by atoms with Gasteiger partial charge in [0.15, 0.2) is 5.16 Å². The number of aromatic amines is 1. The van der Waals surface area contributed by atoms with E-state index in [0.29, 0.717) is 12.0 Å². The fourth-order valence-corrected chi connectivity index (χ4v) is 5.17. The third kappa shape index (κ3) is 2.94. The second-order valence-corrected chi connectivity index (χ2v) is 7.73. The van der Waals surface area contributed by atoms with Crippen molar-refractivity contribution >= 4 is 41.8 Å². The summed E-state index contributed by atoms with van der Waals surface area (Å²) in [5.74, 6) is -1.65. The number of nitrogens with two attached hydrogens (primary N) is 1. The summed E-state index contributed by atoms with van der Waals surface area (Å²) in [5.41, 5.74) is 2.80. The van der Waals surface area contributed by atoms with E-state index in [0.717, 1.165) is 21.2 Å². The lowest BCUT2D eigenvalue weighted by molar-refractivity contribution is -0.157. The molecule has 0 unspecified atom stereocenters. The van der Waals surface area contributed by atoms with Crippen molar-refractivity contribution in [3.05, 3.63) is 32.0 Å². The molecule has 2 aliphatic rings. The maximum Gasteiger partial charge on any atom is 0.352 e. The van der Waals surface area contributed by atoms with E-state index in [9.17, 15) is 29.1 Å². The first-order valence-electron chi connectivity index (χ1n) is 7.41. The van der Waals surface area contributed by atoms with Gasteiger partial charge in [-0.15, -0.1) is 16.9 Å². The highest BCUT2D eigenvalue weighted by molar-refractivity contribution is 8.01. The number of carboxylic acid groups (broad SMARTS) is 1. The number of aromatic nitrogens is 3. The second kappa shape index (κ2) is 6.86. The maximum absolute atomic E-state index is 12.3. The normalized spacial score (nSPS) is 24.3. The van der Waals surface area contributed by atoms with Crippen LogP contribution in [0, 0.1) is 0 Å². The van der Waals surface area contributed by atoms with Gasteiger partial charge in [0.2, 0.25) is 12.1 Å². The van der Waals surface area contributed by atoms with Gasteiger partial charge in [0.25, 0.3) is 5.91 Å². The fraction of sp³-hybridized carbons (Fsp3) is 0.385. The monoisotopic (exact) mass is 414 g/mol. The van der Waals surface area contributed by atoms with Crippen molar-refractivity contribution in [2.45, 2.75) is 16.2 Å². The van der Waals surface area contributed by atoms with Crippen LogP contribution >= 0.6 is 23.5 Å². The van der Waals surface area contributed by atoms with Crippen molar-refractivity contribution in [3.63, 3.8) is 0 Å². The average Bonchev–Trinajstić information content (AvgIpc) is 2.64. The Bertz CT molecular complexity index is 986. The number of carboxylic acids is 1. The predicted molar refractivity (Wildman–Crippen MR) is 94.7 cm³/mol. The van der Waals surface area contributed by atoms with Crippen LogP contribution in [0.15, 0.2) is 26.0 Å². The van der Waals surface area contributed by atoms with Crippen molar-refractivity contribution < 1.29 is 19.5 Å². The molecule has 27 heavy (non-hydrogen) atoms. The number of fused-ring (bicyclic) bond motifs is 1. The minimum atomic E-state index is -1.64. The van der Waals surface area contributed by atoms with E-state index in [-0.39, 0.29) is 22.4 Å². The van der Waals surface area contributed by atoms with Crippen molar-refractivity contribution in [1.29, 1.82) is 0 Å². The molecule has 1 aromatic rings. The summed E-state index contributed by atoms with van der Waals surface area (Å²) >= 11 is 2.26. The Morgan fingerprint density at radius 3 is 2.89 bits per heavy atom. The Hall–Kier alpha value is -2.58. The molecule has 144 valence electrons. The summed E-state index contributed by atoms with van der Waals surface area (Å²) in [5, 5.41) is 17.1. The zero-order valence-corrected chi connectivity index (χ0v) is 15.4. The molecule has 1 saturated heterocycles. The Labute approximate surface area is 159 Å². The number of amides is 2. The molecule has 2 amide bonds. The summed E-state index contributed by atoms with van der Waals surface area (Å²) in [7, 11) is 1.37. The Morgan fingerprint density at radius 2 is 2.26 bits per heavy atom. The summed E-state index contributed by atoms with van der Waals surface area (Å²) in [6.07, 6.45) is 0.299. The number of nitrogens with zero attached hydrogens (tertiary/aromatic N) is 3. The molecule has 1 aromatic heterocycles. The van der Waals surface area contributed by atoms with Gasteiger partial charge in [-0.25, -0.2) is 9.89 Å². The van der Waals surface area contributed by atoms with Gasteiger partial charge in [-0.3, -0.25) is 34.4 Å². The van der Waals surface area contributed by atoms with Crippen LogP contribution in [0.2, 0.25) is 0 Å². The molecule has 3 heterocycles. The highest BCUT2D eigenvalue weighted by atomic mass is 32.2. The lowest BCUT2D eigenvalue weighted by Crippen LogP contribution is -2.83. The summed E-state index contributed by atoms with van der Waals surface area (Å²) in [6, 6.07) is 0. The van der Waals surface area contributed by atoms with E-state index in [1.165, 1.54) is 18.8 Å². The number of thioether (sulfide) groups is 2. The van der Waals surface area contributed by atoms with Crippen LogP contribution in [0.1, 0.15) is 0 Å². The van der Waals surface area contributed by atoms with Crippen molar-refractivity contribution in [1.82, 2.24) is 25.0 Å². The van der Waals surface area contributed by atoms with E-state index >= 15 is 0 Å². The summed E-state index contributed by atoms with van der Waals surface area (Å²) in [4.78, 5) is 58.7. The SMILES string of the molecule is Cn1c(SCC2=C(C(=O)O)N3C(=O)[C@](N)(NC=O)[C@H]3SC2)n[nH]c(=O)c1=O. The number of H-pyrrole nitrogens is 1. The maximum atomic E-state index is 12.3. The van der Waals surface area contributed by atoms with E-state index < -0.39 is 34.0 Å². The highest BCUT2D eigenvalue weighted by Gasteiger charge is 2.62. The number of carbonyl (C=O) groups excluding carboxylic acids is 2. The number of nitrogens with one attached hydrogen (secondary N) is 2. The highest BCUT2D eigenvalue weighted by Crippen LogP contribution is 2.44. The molecule has 5 N–H and O–H groups in total. The molecule has 0 radical (unpaired) electrons. The number of carbonyl (C=O) groups is 3. The van der Waals surface area contributed by atoms with E-state index in [4.69, 9.17) is 5.73 Å². The largest absolute Gasteiger partial charge is 0.477 e. The zero-order valence-electron chi connectivity index (χ0n) is 13.8. The van der Waals surface area contributed by atoms with Crippen LogP contribution in [0.3, 0.4) is 0 Å². The molecule has 2 aliphatic heterocycles. The molecule has 0 spiro atoms. The van der Waals surface area contributed by atoms with E-state index in [1.807, 2.05) is 0 Å². The first kappa shape index (κ1) is 19.2.